The molecule has 23 heavy (non-hydrogen) atoms. The Morgan fingerprint density at radius 3 is 2.52 bits per heavy atom. The van der Waals surface area contributed by atoms with Gasteiger partial charge in [0.2, 0.25) is 0 Å². The summed E-state index contributed by atoms with van der Waals surface area (Å²) in [5.74, 6) is -0.915. The van der Waals surface area contributed by atoms with Crippen molar-refractivity contribution in [2.45, 2.75) is 6.92 Å². The third kappa shape index (κ3) is 4.32. The summed E-state index contributed by atoms with van der Waals surface area (Å²) in [4.78, 5) is 25.9. The molecule has 0 aliphatic carbocycles. The Bertz CT molecular complexity index is 704. The first-order valence-electron chi connectivity index (χ1n) is 7.10. The van der Waals surface area contributed by atoms with Crippen LogP contribution in [0.15, 0.2) is 53.0 Å². The van der Waals surface area contributed by atoms with Crippen LogP contribution in [0.4, 0.5) is 11.4 Å². The van der Waals surface area contributed by atoms with E-state index in [1.165, 1.54) is 0 Å². The topological polar surface area (TPSA) is 72.6 Å². The number of para-hydroxylation sites is 1. The Kier molecular flexibility index (Phi) is 5.76. The van der Waals surface area contributed by atoms with Gasteiger partial charge in [-0.05, 0) is 37.3 Å². The SMILES string of the molecule is CCN(C(=O)COC(=O)c1cc(Br)ccc1N)c1ccccc1. The molecule has 0 spiro atoms. The largest absolute Gasteiger partial charge is 0.452 e. The second-order valence-electron chi connectivity index (χ2n) is 4.78. The fourth-order valence-corrected chi connectivity index (χ4v) is 2.46. The molecule has 0 radical (unpaired) electrons. The molecule has 0 saturated carbocycles. The van der Waals surface area contributed by atoms with E-state index in [9.17, 15) is 9.59 Å². The average Bonchev–Trinajstić information content (AvgIpc) is 2.56. The van der Waals surface area contributed by atoms with Crippen LogP contribution in [0.2, 0.25) is 0 Å². The molecule has 2 aromatic carbocycles. The maximum atomic E-state index is 12.3. The number of nitrogens with zero attached hydrogens (tertiary/aromatic N) is 1. The lowest BCUT2D eigenvalue weighted by atomic mass is 10.2. The second kappa shape index (κ2) is 7.78. The van der Waals surface area contributed by atoms with Crippen molar-refractivity contribution in [3.63, 3.8) is 0 Å². The maximum Gasteiger partial charge on any atom is 0.340 e. The van der Waals surface area contributed by atoms with Crippen molar-refractivity contribution in [3.8, 4) is 0 Å². The molecule has 2 N–H and O–H groups in total. The molecular formula is C17H17BrN2O3. The van der Waals surface area contributed by atoms with E-state index < -0.39 is 5.97 Å². The van der Waals surface area contributed by atoms with Gasteiger partial charge in [0.1, 0.15) is 0 Å². The van der Waals surface area contributed by atoms with E-state index in [4.69, 9.17) is 10.5 Å². The highest BCUT2D eigenvalue weighted by Gasteiger charge is 2.18. The number of nitrogen functional groups attached to an aromatic ring is 1. The van der Waals surface area contributed by atoms with Crippen LogP contribution in [0.3, 0.4) is 0 Å². The standard InChI is InChI=1S/C17H17BrN2O3/c1-2-20(13-6-4-3-5-7-13)16(21)11-23-17(22)14-10-12(18)8-9-15(14)19/h3-10H,2,11,19H2,1H3. The minimum absolute atomic E-state index is 0.231. The lowest BCUT2D eigenvalue weighted by Gasteiger charge is -2.20. The Labute approximate surface area is 143 Å². The summed E-state index contributed by atoms with van der Waals surface area (Å²) >= 11 is 3.27. The molecule has 2 rings (SSSR count). The van der Waals surface area contributed by atoms with E-state index in [2.05, 4.69) is 15.9 Å². The molecule has 0 heterocycles. The third-order valence-electron chi connectivity index (χ3n) is 3.25. The van der Waals surface area contributed by atoms with Crippen molar-refractivity contribution in [2.75, 3.05) is 23.8 Å². The van der Waals surface area contributed by atoms with E-state index in [1.807, 2.05) is 37.3 Å². The van der Waals surface area contributed by atoms with Crippen LogP contribution < -0.4 is 10.6 Å². The summed E-state index contributed by atoms with van der Waals surface area (Å²) in [7, 11) is 0. The number of hydrogen-bond donors (Lipinski definition) is 1. The highest BCUT2D eigenvalue weighted by atomic mass is 79.9. The molecule has 1 amide bonds. The predicted octanol–water partition coefficient (Wildman–Crippen LogP) is 3.24. The molecule has 0 atom stereocenters. The zero-order valence-electron chi connectivity index (χ0n) is 12.7. The second-order valence-corrected chi connectivity index (χ2v) is 5.70. The van der Waals surface area contributed by atoms with Gasteiger partial charge in [-0.1, -0.05) is 34.1 Å². The first-order valence-corrected chi connectivity index (χ1v) is 7.89. The van der Waals surface area contributed by atoms with Gasteiger partial charge in [-0.25, -0.2) is 4.79 Å². The van der Waals surface area contributed by atoms with Crippen LogP contribution in [-0.4, -0.2) is 25.0 Å². The van der Waals surface area contributed by atoms with Crippen LogP contribution in [-0.2, 0) is 9.53 Å². The van der Waals surface area contributed by atoms with Crippen molar-refractivity contribution >= 4 is 39.2 Å². The number of anilines is 2. The van der Waals surface area contributed by atoms with Crippen LogP contribution in [0, 0.1) is 0 Å². The summed E-state index contributed by atoms with van der Waals surface area (Å²) in [6.45, 7) is 2.01. The van der Waals surface area contributed by atoms with Gasteiger partial charge in [0, 0.05) is 22.4 Å². The van der Waals surface area contributed by atoms with Gasteiger partial charge in [0.25, 0.3) is 5.91 Å². The Balaban J connectivity index is 2.03. The summed E-state index contributed by atoms with van der Waals surface area (Å²) in [6, 6.07) is 14.1. The number of carbonyl (C=O) groups is 2. The summed E-state index contributed by atoms with van der Waals surface area (Å²) in [5, 5.41) is 0. The zero-order valence-corrected chi connectivity index (χ0v) is 14.2. The fraction of sp³-hybridized carbons (Fsp3) is 0.176. The monoisotopic (exact) mass is 376 g/mol. The van der Waals surface area contributed by atoms with Crippen LogP contribution in [0.25, 0.3) is 0 Å². The summed E-state index contributed by atoms with van der Waals surface area (Å²) in [5.41, 5.74) is 7.06. The smallest absolute Gasteiger partial charge is 0.340 e. The van der Waals surface area contributed by atoms with Gasteiger partial charge in [0.05, 0.1) is 5.56 Å². The van der Waals surface area contributed by atoms with Gasteiger partial charge < -0.3 is 15.4 Å². The molecular weight excluding hydrogens is 360 g/mol. The van der Waals surface area contributed by atoms with Gasteiger partial charge >= 0.3 is 5.97 Å². The highest BCUT2D eigenvalue weighted by Crippen LogP contribution is 2.19. The number of benzene rings is 2. The quantitative estimate of drug-likeness (QED) is 0.642. The number of esters is 1. The number of halogens is 1. The fourth-order valence-electron chi connectivity index (χ4n) is 2.10. The molecule has 0 aliphatic rings. The number of nitrogens with two attached hydrogens (primary N) is 1. The normalized spacial score (nSPS) is 10.2. The van der Waals surface area contributed by atoms with Gasteiger partial charge in [-0.15, -0.1) is 0 Å². The minimum Gasteiger partial charge on any atom is -0.452 e. The number of likely N-dealkylation sites (N-methyl/N-ethyl adjacent to an activating group) is 1. The molecule has 0 unspecified atom stereocenters. The highest BCUT2D eigenvalue weighted by molar-refractivity contribution is 9.10. The maximum absolute atomic E-state index is 12.3. The van der Waals surface area contributed by atoms with E-state index in [0.717, 1.165) is 5.69 Å². The molecule has 2 aromatic rings. The van der Waals surface area contributed by atoms with Crippen molar-refractivity contribution in [2.24, 2.45) is 0 Å². The first kappa shape index (κ1) is 17.0. The van der Waals surface area contributed by atoms with Gasteiger partial charge in [-0.3, -0.25) is 4.79 Å². The lowest BCUT2D eigenvalue weighted by molar-refractivity contribution is -0.121. The molecule has 0 saturated heterocycles. The summed E-state index contributed by atoms with van der Waals surface area (Å²) in [6.07, 6.45) is 0. The Morgan fingerprint density at radius 1 is 1.17 bits per heavy atom. The summed E-state index contributed by atoms with van der Waals surface area (Å²) < 4.78 is 5.81. The number of hydrogen-bond acceptors (Lipinski definition) is 4. The van der Waals surface area contributed by atoms with Crippen LogP contribution in [0.1, 0.15) is 17.3 Å². The zero-order chi connectivity index (χ0) is 16.8. The molecule has 5 nitrogen and oxygen atoms in total. The minimum atomic E-state index is -0.624. The molecule has 0 fully saturated rings. The van der Waals surface area contributed by atoms with E-state index in [0.29, 0.717) is 16.7 Å². The van der Waals surface area contributed by atoms with Gasteiger partial charge in [0.15, 0.2) is 6.61 Å². The van der Waals surface area contributed by atoms with Crippen LogP contribution >= 0.6 is 15.9 Å². The number of carbonyl (C=O) groups excluding carboxylic acids is 2. The average molecular weight is 377 g/mol. The lowest BCUT2D eigenvalue weighted by Crippen LogP contribution is -2.34. The van der Waals surface area contributed by atoms with Gasteiger partial charge in [-0.2, -0.15) is 0 Å². The molecule has 0 bridgehead atoms. The third-order valence-corrected chi connectivity index (χ3v) is 3.74. The predicted molar refractivity (Wildman–Crippen MR) is 93.3 cm³/mol. The number of amides is 1. The van der Waals surface area contributed by atoms with Crippen molar-refractivity contribution < 1.29 is 14.3 Å². The Morgan fingerprint density at radius 2 is 1.87 bits per heavy atom. The van der Waals surface area contributed by atoms with E-state index in [-0.39, 0.29) is 18.1 Å². The molecule has 6 heteroatoms. The molecule has 120 valence electrons. The number of rotatable bonds is 5. The van der Waals surface area contributed by atoms with Crippen molar-refractivity contribution in [1.82, 2.24) is 0 Å². The first-order chi connectivity index (χ1) is 11.0. The van der Waals surface area contributed by atoms with Crippen molar-refractivity contribution in [3.05, 3.63) is 58.6 Å². The van der Waals surface area contributed by atoms with E-state index >= 15 is 0 Å². The van der Waals surface area contributed by atoms with Crippen LogP contribution in [0.5, 0.6) is 0 Å². The molecule has 0 aromatic heterocycles. The van der Waals surface area contributed by atoms with Crippen molar-refractivity contribution in [1.29, 1.82) is 0 Å². The van der Waals surface area contributed by atoms with E-state index in [1.54, 1.807) is 23.1 Å². The Hall–Kier alpha value is -2.34. The molecule has 0 aliphatic heterocycles. The number of ether oxygens (including phenoxy) is 1.